The molecule has 2 atom stereocenters. The lowest BCUT2D eigenvalue weighted by Crippen LogP contribution is -2.51. The minimum absolute atomic E-state index is 0.00499. The van der Waals surface area contributed by atoms with E-state index in [0.717, 1.165) is 104 Å². The summed E-state index contributed by atoms with van der Waals surface area (Å²) in [6.45, 7) is 18.4. The summed E-state index contributed by atoms with van der Waals surface area (Å²) >= 11 is 0. The van der Waals surface area contributed by atoms with Gasteiger partial charge in [-0.1, -0.05) is 128 Å². The molecule has 0 aliphatic heterocycles. The number of hydrogen-bond donors (Lipinski definition) is 4. The minimum Gasteiger partial charge on any atom is -0.488 e. The Labute approximate surface area is 575 Å². The van der Waals surface area contributed by atoms with E-state index in [1.165, 1.54) is 24.3 Å². The van der Waals surface area contributed by atoms with Crippen LogP contribution < -0.4 is 18.9 Å². The van der Waals surface area contributed by atoms with E-state index >= 15 is 0 Å². The molecule has 0 aromatic heterocycles. The second-order valence-electron chi connectivity index (χ2n) is 26.2. The van der Waals surface area contributed by atoms with Crippen LogP contribution in [0.25, 0.3) is 11.1 Å². The molecule has 1 aliphatic rings. The van der Waals surface area contributed by atoms with Gasteiger partial charge in [0.25, 0.3) is 40.5 Å². The van der Waals surface area contributed by atoms with E-state index in [2.05, 4.69) is 19.1 Å². The Balaban J connectivity index is 0.926. The molecule has 0 radical (unpaired) electrons. The topological polar surface area (TPSA) is 323 Å². The van der Waals surface area contributed by atoms with E-state index in [1.807, 2.05) is 38.1 Å². The molecule has 1 aliphatic carbocycles. The van der Waals surface area contributed by atoms with Gasteiger partial charge in [-0.3, -0.25) is 18.2 Å². The Morgan fingerprint density at radius 3 is 1.09 bits per heavy atom. The van der Waals surface area contributed by atoms with E-state index in [9.17, 15) is 68.7 Å². The summed E-state index contributed by atoms with van der Waals surface area (Å²) in [7, 11) is -29.9. The highest BCUT2D eigenvalue weighted by atomic mass is 32.2. The fourth-order valence-electron chi connectivity index (χ4n) is 12.5. The van der Waals surface area contributed by atoms with Gasteiger partial charge in [0.05, 0.1) is 29.4 Å². The molecular formula is C72H80O20S6. The van der Waals surface area contributed by atoms with Crippen LogP contribution in [0.5, 0.6) is 34.5 Å². The fraction of sp³-hybridized carbons (Fsp3) is 0.333. The smallest absolute Gasteiger partial charge is 0.298 e. The Kier molecular flexibility index (Phi) is 21.0. The van der Waals surface area contributed by atoms with Gasteiger partial charge in [0.2, 0.25) is 19.7 Å². The molecule has 524 valence electrons. The van der Waals surface area contributed by atoms with Gasteiger partial charge in [-0.2, -0.15) is 33.7 Å². The van der Waals surface area contributed by atoms with Crippen LogP contribution in [0.3, 0.4) is 0 Å². The third-order valence-electron chi connectivity index (χ3n) is 19.5. The molecule has 9 rings (SSSR count). The molecule has 98 heavy (non-hydrogen) atoms. The normalized spacial score (nSPS) is 15.5. The van der Waals surface area contributed by atoms with Gasteiger partial charge in [0, 0.05) is 10.8 Å². The first-order chi connectivity index (χ1) is 45.6. The first-order valence-corrected chi connectivity index (χ1v) is 40.4. The van der Waals surface area contributed by atoms with Crippen LogP contribution in [0, 0.1) is 0 Å². The number of hydrogen-bond acceptors (Lipinski definition) is 16. The second kappa shape index (κ2) is 27.6. The van der Waals surface area contributed by atoms with Crippen molar-refractivity contribution >= 4 is 60.1 Å². The Morgan fingerprint density at radius 2 is 0.714 bits per heavy atom. The lowest BCUT2D eigenvalue weighted by Gasteiger charge is -2.46. The monoisotopic (exact) mass is 1460 g/mol. The molecule has 2 unspecified atom stereocenters. The number of sulfone groups is 2. The Morgan fingerprint density at radius 1 is 0.367 bits per heavy atom. The van der Waals surface area contributed by atoms with Gasteiger partial charge in [-0.05, 0) is 207 Å². The van der Waals surface area contributed by atoms with Crippen molar-refractivity contribution in [2.24, 2.45) is 0 Å². The summed E-state index contributed by atoms with van der Waals surface area (Å²) in [4.78, 5) is -5.67. The average molecular weight is 1460 g/mol. The van der Waals surface area contributed by atoms with Crippen LogP contribution in [0.15, 0.2) is 209 Å². The van der Waals surface area contributed by atoms with Gasteiger partial charge in [0.15, 0.2) is 0 Å². The number of ether oxygens (including phenoxy) is 4. The maximum absolute atomic E-state index is 14.5. The summed E-state index contributed by atoms with van der Waals surface area (Å²) in [5, 5.41) is 0. The molecular weight excluding hydrogens is 1380 g/mol. The van der Waals surface area contributed by atoms with Gasteiger partial charge < -0.3 is 18.9 Å². The minimum atomic E-state index is -5.21. The van der Waals surface area contributed by atoms with E-state index in [-0.39, 0.29) is 52.2 Å². The first-order valence-electron chi connectivity index (χ1n) is 31.7. The predicted molar refractivity (Wildman–Crippen MR) is 370 cm³/mol. The first kappa shape index (κ1) is 74.7. The summed E-state index contributed by atoms with van der Waals surface area (Å²) in [6, 6.07) is 40.3. The van der Waals surface area contributed by atoms with Crippen molar-refractivity contribution in [2.75, 3.05) is 0 Å². The van der Waals surface area contributed by atoms with Gasteiger partial charge in [-0.15, -0.1) is 0 Å². The van der Waals surface area contributed by atoms with Crippen molar-refractivity contribution < 1.29 is 87.7 Å². The summed E-state index contributed by atoms with van der Waals surface area (Å²) in [6.07, 6.45) is 6.58. The Hall–Kier alpha value is -7.50. The molecule has 1 saturated carbocycles. The standard InChI is InChI=1S/C72H80O20S6/c1-11-68(5,6)60-38-34-56(44-64(60)95(77,78)79)93(73,74)58-36-40-62(66(46-58)97(83,84)85)89-52-26-18-48(19-27-52)49-20-28-55(29-21-49)92-71(10,14-4)70(9,13-3)61-39-35-57(45-65(61)96(80,81)82)94(75,76)59-37-41-63(67(47-59)98(86,87)88)90-53-30-22-50(23-31-53)72(42-16-15-17-43-72)51-24-32-54(33-25-51)91-69(7,8)12-2/h18-41,44-47H,11-17,42-43H2,1-10H3,(H,77,78,79)(H,80,81,82)(H,83,84,85)(H,86,87,88). The van der Waals surface area contributed by atoms with Crippen LogP contribution in [-0.4, -0.2) is 79.9 Å². The zero-order chi connectivity index (χ0) is 72.0. The van der Waals surface area contributed by atoms with Crippen molar-refractivity contribution in [1.82, 2.24) is 0 Å². The van der Waals surface area contributed by atoms with Crippen LogP contribution in [0.1, 0.15) is 149 Å². The average Bonchev–Trinajstić information content (AvgIpc) is 0.742. The predicted octanol–water partition coefficient (Wildman–Crippen LogP) is 16.0. The van der Waals surface area contributed by atoms with Crippen molar-refractivity contribution in [1.29, 1.82) is 0 Å². The van der Waals surface area contributed by atoms with Gasteiger partial charge >= 0.3 is 0 Å². The van der Waals surface area contributed by atoms with E-state index in [4.69, 9.17) is 18.9 Å². The van der Waals surface area contributed by atoms with Gasteiger partial charge in [0.1, 0.15) is 55.5 Å². The lowest BCUT2D eigenvalue weighted by atomic mass is 9.65. The molecule has 1 fully saturated rings. The molecule has 20 nitrogen and oxygen atoms in total. The maximum Gasteiger partial charge on any atom is 0.298 e. The van der Waals surface area contributed by atoms with Crippen LogP contribution >= 0.6 is 0 Å². The number of benzene rings is 8. The zero-order valence-corrected chi connectivity index (χ0v) is 60.7. The second-order valence-corrected chi connectivity index (χ2v) is 35.7. The van der Waals surface area contributed by atoms with Crippen LogP contribution in [-0.2, 0) is 76.4 Å². The highest BCUT2D eigenvalue weighted by molar-refractivity contribution is 7.92. The highest BCUT2D eigenvalue weighted by Gasteiger charge is 2.48. The largest absolute Gasteiger partial charge is 0.488 e. The summed E-state index contributed by atoms with van der Waals surface area (Å²) in [5.74, 6) is 0.527. The lowest BCUT2D eigenvalue weighted by molar-refractivity contribution is 0.00171. The summed E-state index contributed by atoms with van der Waals surface area (Å²) < 4.78 is 227. The van der Waals surface area contributed by atoms with Crippen LogP contribution in [0.4, 0.5) is 0 Å². The quantitative estimate of drug-likeness (QED) is 0.0366. The molecule has 4 N–H and O–H groups in total. The van der Waals surface area contributed by atoms with Crippen LogP contribution in [0.2, 0.25) is 0 Å². The molecule has 8 aromatic carbocycles. The third kappa shape index (κ3) is 15.4. The molecule has 0 heterocycles. The van der Waals surface area contributed by atoms with Gasteiger partial charge in [-0.25, -0.2) is 16.8 Å². The van der Waals surface area contributed by atoms with Crippen molar-refractivity contribution in [3.05, 3.63) is 192 Å². The van der Waals surface area contributed by atoms with Crippen molar-refractivity contribution in [3.63, 3.8) is 0 Å². The molecule has 26 heteroatoms. The molecule has 0 saturated heterocycles. The fourth-order valence-corrected chi connectivity index (χ4v) is 18.4. The Bertz CT molecular complexity index is 5030. The highest BCUT2D eigenvalue weighted by Crippen LogP contribution is 2.49. The molecule has 8 aromatic rings. The molecule has 0 bridgehead atoms. The van der Waals surface area contributed by atoms with Crippen molar-refractivity contribution in [3.8, 4) is 45.6 Å². The zero-order valence-electron chi connectivity index (χ0n) is 55.8. The number of rotatable bonds is 26. The van der Waals surface area contributed by atoms with E-state index in [1.54, 1.807) is 97.0 Å². The third-order valence-corrected chi connectivity index (χ3v) is 26.5. The molecule has 0 amide bonds. The molecule has 0 spiro atoms. The summed E-state index contributed by atoms with van der Waals surface area (Å²) in [5.41, 5.74) is -0.414. The van der Waals surface area contributed by atoms with Crippen molar-refractivity contribution in [2.45, 2.75) is 194 Å². The SMILES string of the molecule is CCC(C)(C)Oc1ccc(C2(c3ccc(Oc4ccc(S(=O)(=O)c5ccc(C(C)(CC)C(C)(CC)Oc6ccc(-c7ccc(Oc8ccc(S(=O)(=O)c9ccc(C(C)(C)CC)c(S(=O)(=O)O)c9)cc8S(=O)(=O)O)cc7)cc6)c(S(=O)(=O)O)c5)cc4S(=O)(=O)O)cc3)CCCCC2)cc1. The van der Waals surface area contributed by atoms with E-state index < -0.39 is 121 Å². The van der Waals surface area contributed by atoms with E-state index in [0.29, 0.717) is 35.4 Å². The maximum atomic E-state index is 14.5.